The molecule has 0 aromatic heterocycles. The molecule has 0 spiro atoms. The smallest absolute Gasteiger partial charge is 0.351 e. The van der Waals surface area contributed by atoms with E-state index in [0.29, 0.717) is 15.6 Å². The Morgan fingerprint density at radius 1 is 1.21 bits per heavy atom. The molecule has 0 aliphatic rings. The number of ketones is 1. The lowest BCUT2D eigenvalue weighted by molar-refractivity contribution is -0.137. The first-order valence-corrected chi connectivity index (χ1v) is 10.2. The molecule has 1 N–H and O–H groups in total. The van der Waals surface area contributed by atoms with Gasteiger partial charge in [0.25, 0.3) is 0 Å². The number of hydrogen-bond donors (Lipinski definition) is 1. The molecule has 0 bridgehead atoms. The molecule has 7 heteroatoms. The van der Waals surface area contributed by atoms with Gasteiger partial charge < -0.3 is 5.32 Å². The van der Waals surface area contributed by atoms with Crippen LogP contribution in [-0.4, -0.2) is 10.5 Å². The molecule has 0 saturated heterocycles. The highest BCUT2D eigenvalue weighted by atomic mass is 35.5. The molecule has 2 nitrogen and oxygen atoms in total. The topological polar surface area (TPSA) is 29.1 Å². The number of hydrogen-bond acceptors (Lipinski definition) is 3. The zero-order valence-electron chi connectivity index (χ0n) is 16.5. The average Bonchev–Trinajstić information content (AvgIpc) is 2.62. The quantitative estimate of drug-likeness (QED) is 0.472. The van der Waals surface area contributed by atoms with Crippen molar-refractivity contribution in [3.05, 3.63) is 75.8 Å². The van der Waals surface area contributed by atoms with E-state index in [1.807, 2.05) is 19.1 Å². The molecule has 0 fully saturated rings. The van der Waals surface area contributed by atoms with Crippen molar-refractivity contribution in [1.82, 2.24) is 0 Å². The van der Waals surface area contributed by atoms with Crippen LogP contribution in [0.2, 0.25) is 5.02 Å². The van der Waals surface area contributed by atoms with Gasteiger partial charge in [-0.15, -0.1) is 0 Å². The van der Waals surface area contributed by atoms with Crippen molar-refractivity contribution in [3.8, 4) is 0 Å². The number of carbonyl (C=O) groups is 1. The van der Waals surface area contributed by atoms with Gasteiger partial charge in [-0.3, -0.25) is 4.79 Å². The summed E-state index contributed by atoms with van der Waals surface area (Å²) in [5.74, 6) is -0.145. The number of aryl methyl sites for hydroxylation is 1. The van der Waals surface area contributed by atoms with Crippen molar-refractivity contribution >= 4 is 34.8 Å². The van der Waals surface area contributed by atoms with Crippen molar-refractivity contribution in [2.75, 3.05) is 5.32 Å². The highest BCUT2D eigenvalue weighted by Crippen LogP contribution is 2.37. The van der Waals surface area contributed by atoms with Gasteiger partial charge in [0.15, 0.2) is 0 Å². The van der Waals surface area contributed by atoms with E-state index in [-0.39, 0.29) is 12.2 Å². The molecule has 0 radical (unpaired) electrons. The Labute approximate surface area is 178 Å². The van der Waals surface area contributed by atoms with Gasteiger partial charge in [0.1, 0.15) is 5.78 Å². The van der Waals surface area contributed by atoms with Crippen LogP contribution in [-0.2, 0) is 23.8 Å². The van der Waals surface area contributed by atoms with Crippen LogP contribution >= 0.6 is 23.4 Å². The van der Waals surface area contributed by atoms with E-state index in [9.17, 15) is 18.0 Å². The zero-order chi connectivity index (χ0) is 21.8. The van der Waals surface area contributed by atoms with E-state index in [2.05, 4.69) is 11.9 Å². The first kappa shape index (κ1) is 23.4. The maximum absolute atomic E-state index is 13.0. The van der Waals surface area contributed by atoms with Crippen molar-refractivity contribution in [3.63, 3.8) is 0 Å². The summed E-state index contributed by atoms with van der Waals surface area (Å²) in [5.41, 5.74) is 1.48. The van der Waals surface area contributed by atoms with Crippen LogP contribution in [0.4, 0.5) is 18.9 Å². The molecule has 29 heavy (non-hydrogen) atoms. The van der Waals surface area contributed by atoms with Crippen LogP contribution in [0.25, 0.3) is 0 Å². The number of nitrogens with one attached hydrogen (secondary N) is 1. The number of benzene rings is 2. The third kappa shape index (κ3) is 6.28. The molecule has 0 aliphatic heterocycles. The van der Waals surface area contributed by atoms with E-state index in [4.69, 9.17) is 11.6 Å². The van der Waals surface area contributed by atoms with Gasteiger partial charge in [0.05, 0.1) is 15.3 Å². The predicted octanol–water partition coefficient (Wildman–Crippen LogP) is 7.13. The number of alkyl halides is 3. The molecular weight excluding hydrogens is 419 g/mol. The number of anilines is 1. The Bertz CT molecular complexity index is 913. The molecule has 0 heterocycles. The summed E-state index contributed by atoms with van der Waals surface area (Å²) in [6.45, 7) is 9.13. The van der Waals surface area contributed by atoms with Gasteiger partial charge in [0.2, 0.25) is 0 Å². The minimum absolute atomic E-state index is 0.145. The van der Waals surface area contributed by atoms with Crippen LogP contribution in [0.1, 0.15) is 37.5 Å². The first-order chi connectivity index (χ1) is 13.4. The van der Waals surface area contributed by atoms with E-state index in [0.717, 1.165) is 29.8 Å². The van der Waals surface area contributed by atoms with Crippen molar-refractivity contribution in [1.29, 1.82) is 0 Å². The molecule has 0 aliphatic carbocycles. The molecule has 1 atom stereocenters. The number of thioether (sulfide) groups is 1. The lowest BCUT2D eigenvalue weighted by Gasteiger charge is -2.28. The Morgan fingerprint density at radius 3 is 2.48 bits per heavy atom. The number of Topliss-reactive ketones (excluding diaryl/α,β-unsaturated/α-hetero) is 1. The van der Waals surface area contributed by atoms with Crippen LogP contribution in [0.3, 0.4) is 0 Å². The van der Waals surface area contributed by atoms with Gasteiger partial charge in [-0.25, -0.2) is 0 Å². The van der Waals surface area contributed by atoms with Crippen molar-refractivity contribution < 1.29 is 18.0 Å². The standard InChI is InChI=1S/C22H23ClF3NOS/c1-5-17-12-19(9-10-20(17)23)27-15(3)29-21(4,14(2)28)13-16-7-6-8-18(11-16)22(24,25)26/h6-12,27H,3,5,13H2,1-2,4H3. The summed E-state index contributed by atoms with van der Waals surface area (Å²) in [6, 6.07) is 10.6. The molecule has 0 amide bonds. The van der Waals surface area contributed by atoms with Gasteiger partial charge >= 0.3 is 6.18 Å². The highest BCUT2D eigenvalue weighted by Gasteiger charge is 2.34. The third-order valence-electron chi connectivity index (χ3n) is 4.60. The summed E-state index contributed by atoms with van der Waals surface area (Å²) in [4.78, 5) is 12.4. The summed E-state index contributed by atoms with van der Waals surface area (Å²) in [6.07, 6.45) is -3.50. The fourth-order valence-corrected chi connectivity index (χ4v) is 4.21. The Morgan fingerprint density at radius 2 is 1.90 bits per heavy atom. The first-order valence-electron chi connectivity index (χ1n) is 9.05. The maximum Gasteiger partial charge on any atom is 0.416 e. The van der Waals surface area contributed by atoms with Crippen molar-refractivity contribution in [2.24, 2.45) is 0 Å². The minimum atomic E-state index is -4.42. The fourth-order valence-electron chi connectivity index (χ4n) is 2.86. The third-order valence-corrected chi connectivity index (χ3v) is 6.20. The number of carbonyl (C=O) groups excluding carboxylic acids is 1. The normalized spacial score (nSPS) is 13.6. The summed E-state index contributed by atoms with van der Waals surface area (Å²) in [5, 5.41) is 4.36. The lowest BCUT2D eigenvalue weighted by Crippen LogP contribution is -2.33. The van der Waals surface area contributed by atoms with Crippen LogP contribution in [0.15, 0.2) is 54.1 Å². The molecule has 156 valence electrons. The molecule has 1 unspecified atom stereocenters. The Balaban J connectivity index is 2.18. The largest absolute Gasteiger partial charge is 0.416 e. The lowest BCUT2D eigenvalue weighted by atomic mass is 9.95. The molecule has 2 aromatic carbocycles. The predicted molar refractivity (Wildman–Crippen MR) is 115 cm³/mol. The fraction of sp³-hybridized carbons (Fsp3) is 0.318. The number of rotatable bonds is 8. The van der Waals surface area contributed by atoms with Gasteiger partial charge in [-0.1, -0.05) is 55.1 Å². The Hall–Kier alpha value is -1.92. The SMILES string of the molecule is C=C(Nc1ccc(Cl)c(CC)c1)SC(C)(Cc1cccc(C(F)(F)F)c1)C(C)=O. The minimum Gasteiger partial charge on any atom is -0.351 e. The summed E-state index contributed by atoms with van der Waals surface area (Å²) in [7, 11) is 0. The molecule has 0 saturated carbocycles. The van der Waals surface area contributed by atoms with Gasteiger partial charge in [-0.05, 0) is 62.1 Å². The van der Waals surface area contributed by atoms with Gasteiger partial charge in [-0.2, -0.15) is 13.2 Å². The molecular formula is C22H23ClF3NOS. The Kier molecular flexibility index (Phi) is 7.46. The zero-order valence-corrected chi connectivity index (χ0v) is 18.1. The van der Waals surface area contributed by atoms with Gasteiger partial charge in [0, 0.05) is 10.7 Å². The number of halogens is 4. The van der Waals surface area contributed by atoms with E-state index >= 15 is 0 Å². The average molecular weight is 442 g/mol. The monoisotopic (exact) mass is 441 g/mol. The van der Waals surface area contributed by atoms with Crippen LogP contribution in [0.5, 0.6) is 0 Å². The van der Waals surface area contributed by atoms with Crippen LogP contribution in [0, 0.1) is 0 Å². The van der Waals surface area contributed by atoms with E-state index in [1.54, 1.807) is 19.1 Å². The maximum atomic E-state index is 13.0. The van der Waals surface area contributed by atoms with E-state index < -0.39 is 16.5 Å². The second-order valence-corrected chi connectivity index (χ2v) is 8.98. The summed E-state index contributed by atoms with van der Waals surface area (Å²) < 4.78 is 38.0. The highest BCUT2D eigenvalue weighted by molar-refractivity contribution is 8.05. The second-order valence-electron chi connectivity index (χ2n) is 6.97. The molecule has 2 aromatic rings. The molecule has 2 rings (SSSR count). The second kappa shape index (κ2) is 9.26. The summed E-state index contributed by atoms with van der Waals surface area (Å²) >= 11 is 7.34. The van der Waals surface area contributed by atoms with E-state index in [1.165, 1.54) is 24.8 Å². The van der Waals surface area contributed by atoms with Crippen molar-refractivity contribution in [2.45, 2.75) is 44.5 Å². The van der Waals surface area contributed by atoms with Crippen LogP contribution < -0.4 is 5.32 Å².